The van der Waals surface area contributed by atoms with Crippen LogP contribution in [0.15, 0.2) is 24.3 Å². The maximum Gasteiger partial charge on any atom is 0.312 e. The molecular formula is C65H95NO23. The monoisotopic (exact) mass is 1260 g/mol. The summed E-state index contributed by atoms with van der Waals surface area (Å²) >= 11 is 0. The summed E-state index contributed by atoms with van der Waals surface area (Å²) in [5.41, 5.74) is -0.0936. The van der Waals surface area contributed by atoms with Crippen LogP contribution in [-0.2, 0) is 109 Å². The van der Waals surface area contributed by atoms with E-state index in [1.165, 1.54) is 19.4 Å². The van der Waals surface area contributed by atoms with Crippen molar-refractivity contribution >= 4 is 53.7 Å². The van der Waals surface area contributed by atoms with Crippen molar-refractivity contribution in [3.63, 3.8) is 0 Å². The molecule has 0 aromatic rings. The van der Waals surface area contributed by atoms with Gasteiger partial charge in [-0.15, -0.1) is 0 Å². The average Bonchev–Trinajstić information content (AvgIpc) is 0.688. The summed E-state index contributed by atoms with van der Waals surface area (Å²) in [4.78, 5) is 117. The van der Waals surface area contributed by atoms with E-state index in [1.807, 2.05) is 0 Å². The van der Waals surface area contributed by atoms with Gasteiger partial charge in [0.15, 0.2) is 67.7 Å². The number of hydrogen-bond donors (Lipinski definition) is 1. The summed E-state index contributed by atoms with van der Waals surface area (Å²) in [7, 11) is 0. The van der Waals surface area contributed by atoms with E-state index in [4.69, 9.17) is 66.3 Å². The molecule has 5 aliphatic carbocycles. The number of esters is 8. The van der Waals surface area contributed by atoms with Crippen molar-refractivity contribution in [3.05, 3.63) is 24.3 Å². The number of ether oxygens (including phenoxy) is 14. The topological polar surface area (TPSA) is 295 Å². The molecule has 3 aliphatic heterocycles. The quantitative estimate of drug-likeness (QED) is 0.0641. The molecule has 24 heteroatoms. The number of rotatable bonds is 18. The summed E-state index contributed by atoms with van der Waals surface area (Å²) < 4.78 is 85.0. The highest BCUT2D eigenvalue weighted by molar-refractivity contribution is 5.79. The van der Waals surface area contributed by atoms with Crippen LogP contribution in [0.4, 0.5) is 0 Å². The lowest BCUT2D eigenvalue weighted by Gasteiger charge is -2.71. The van der Waals surface area contributed by atoms with Crippen LogP contribution in [0.1, 0.15) is 168 Å². The van der Waals surface area contributed by atoms with Gasteiger partial charge in [0.2, 0.25) is 5.91 Å². The fourth-order valence-electron chi connectivity index (χ4n) is 17.3. The Hall–Kier alpha value is -5.53. The third kappa shape index (κ3) is 14.1. The summed E-state index contributed by atoms with van der Waals surface area (Å²) in [5.74, 6) is -5.92. The minimum absolute atomic E-state index is 0.0582. The molecule has 1 N–H and O–H groups in total. The predicted octanol–water partition coefficient (Wildman–Crippen LogP) is 6.77. The second-order valence-corrected chi connectivity index (χ2v) is 28.0. The largest absolute Gasteiger partial charge is 0.461 e. The van der Waals surface area contributed by atoms with Gasteiger partial charge in [-0.2, -0.15) is 0 Å². The van der Waals surface area contributed by atoms with Crippen LogP contribution in [0.3, 0.4) is 0 Å². The molecular weight excluding hydrogens is 1160 g/mol. The van der Waals surface area contributed by atoms with Gasteiger partial charge in [-0.25, -0.2) is 0 Å². The zero-order chi connectivity index (χ0) is 65.5. The molecule has 3 saturated heterocycles. The third-order valence-corrected chi connectivity index (χ3v) is 21.3. The van der Waals surface area contributed by atoms with Gasteiger partial charge in [0.05, 0.1) is 31.3 Å². The van der Waals surface area contributed by atoms with E-state index in [0.29, 0.717) is 6.42 Å². The van der Waals surface area contributed by atoms with Crippen molar-refractivity contribution in [1.29, 1.82) is 0 Å². The highest BCUT2D eigenvalue weighted by atomic mass is 16.8. The molecule has 24 nitrogen and oxygen atoms in total. The number of carbonyl (C=O) groups is 9. The second-order valence-electron chi connectivity index (χ2n) is 28.0. The van der Waals surface area contributed by atoms with Crippen LogP contribution in [0.5, 0.6) is 0 Å². The summed E-state index contributed by atoms with van der Waals surface area (Å²) in [6.07, 6.45) is -6.09. The van der Waals surface area contributed by atoms with E-state index >= 15 is 0 Å². The highest BCUT2D eigenvalue weighted by Crippen LogP contribution is 2.76. The van der Waals surface area contributed by atoms with Crippen LogP contribution < -0.4 is 5.32 Å². The van der Waals surface area contributed by atoms with Crippen LogP contribution >= 0.6 is 0 Å². The molecule has 0 aromatic heterocycles. The van der Waals surface area contributed by atoms with E-state index < -0.39 is 164 Å². The first kappa shape index (κ1) is 69.4. The Labute approximate surface area is 521 Å². The van der Waals surface area contributed by atoms with Crippen molar-refractivity contribution in [2.75, 3.05) is 26.4 Å². The molecule has 8 aliphatic rings. The summed E-state index contributed by atoms with van der Waals surface area (Å²) in [6, 6.07) is -1.25. The van der Waals surface area contributed by atoms with Gasteiger partial charge in [-0.3, -0.25) is 43.2 Å². The molecule has 0 unspecified atom stereocenters. The van der Waals surface area contributed by atoms with Gasteiger partial charge in [0.25, 0.3) is 0 Å². The van der Waals surface area contributed by atoms with E-state index in [2.05, 4.69) is 66.4 Å². The first-order valence-corrected chi connectivity index (χ1v) is 31.4. The maximum atomic E-state index is 14.2. The van der Waals surface area contributed by atoms with E-state index in [1.54, 1.807) is 6.08 Å². The predicted molar refractivity (Wildman–Crippen MR) is 311 cm³/mol. The molecule has 1 amide bonds. The third-order valence-electron chi connectivity index (χ3n) is 21.3. The molecule has 4 saturated carbocycles. The second kappa shape index (κ2) is 27.0. The minimum atomic E-state index is -1.71. The molecule has 8 rings (SSSR count). The van der Waals surface area contributed by atoms with Crippen molar-refractivity contribution < 1.29 is 109 Å². The summed E-state index contributed by atoms with van der Waals surface area (Å²) in [6.45, 7) is 28.0. The molecule has 89 heavy (non-hydrogen) atoms. The van der Waals surface area contributed by atoms with Gasteiger partial charge in [0, 0.05) is 55.4 Å². The van der Waals surface area contributed by atoms with Gasteiger partial charge < -0.3 is 71.6 Å². The minimum Gasteiger partial charge on any atom is -0.461 e. The van der Waals surface area contributed by atoms with Crippen LogP contribution in [0.2, 0.25) is 0 Å². The highest BCUT2D eigenvalue weighted by Gasteiger charge is 2.70. The van der Waals surface area contributed by atoms with Gasteiger partial charge >= 0.3 is 47.8 Å². The van der Waals surface area contributed by atoms with E-state index in [0.717, 1.165) is 99.3 Å². The Balaban J connectivity index is 1.10. The standard InChI is InChI=1S/C65H95NO23/c1-17-28-76-59(75)65-26-24-60(10,11)29-42(65)41-18-19-47-62(14)22-21-48(61(12,13)46(62)20-23-64(47,16)63(41,15)25-27-65)88-56-49(66-33(2)67)53(85-39(8)73)50(82-36(5)70)45(87-56)32-78-57-54(51(83-37(6)71)43(30-77-57)80-34(3)68)89-58-55(86-40(9)74)52(84-38(7)72)44(31-79-58)81-35(4)69/h17-18,42-58H,1,19-32H2,2-16H3,(H,66,67)/t42-,43-,44-,45+,46-,47+,48-,49+,50+,51-,52-,53+,54+,55+,56-,57-,58-,62-,63+,64+,65-/m0/s1. The number of hydrogen-bond acceptors (Lipinski definition) is 23. The number of allylic oxidation sites excluding steroid dienone is 2. The van der Waals surface area contributed by atoms with Crippen LogP contribution in [0, 0.1) is 50.2 Å². The maximum absolute atomic E-state index is 14.2. The van der Waals surface area contributed by atoms with Crippen molar-refractivity contribution in [2.24, 2.45) is 50.2 Å². The van der Waals surface area contributed by atoms with Crippen molar-refractivity contribution in [3.8, 4) is 0 Å². The Morgan fingerprint density at radius 1 is 0.584 bits per heavy atom. The van der Waals surface area contributed by atoms with Crippen molar-refractivity contribution in [2.45, 2.75) is 254 Å². The van der Waals surface area contributed by atoms with Gasteiger partial charge in [-0.05, 0) is 109 Å². The molecule has 3 heterocycles. The molecule has 0 spiro atoms. The normalized spacial score (nSPS) is 40.2. The molecule has 0 bridgehead atoms. The Bertz CT molecular complexity index is 2740. The van der Waals surface area contributed by atoms with Gasteiger partial charge in [-0.1, -0.05) is 72.8 Å². The number of carbonyl (C=O) groups excluding carboxylic acids is 9. The Morgan fingerprint density at radius 2 is 1.12 bits per heavy atom. The zero-order valence-electron chi connectivity index (χ0n) is 54.5. The molecule has 0 aromatic carbocycles. The first-order chi connectivity index (χ1) is 41.6. The number of amides is 1. The number of fused-ring (bicyclic) bond motifs is 7. The lowest BCUT2D eigenvalue weighted by atomic mass is 9.33. The SMILES string of the molecule is C=CCOC(=O)[C@]12CCC(C)(C)C[C@H]1C1=CC[C@@H]3[C@@]4(C)CC[C@H](O[C@@H]5O[C@H](CO[C@@H]6OC[C@H](OC(C)=O)[C@H](OC(C)=O)[C@H]6O[C@@H]6OC[C@H](OC(C)=O)[C@H](OC(C)=O)[C@H]6OC(C)=O)[C@@H](OC(C)=O)[C@H](OC(C)=O)[C@H]5NC(C)=O)C(C)(C)[C@@H]4CC[C@@]3(C)[C@]1(C)CC2. The zero-order valence-corrected chi connectivity index (χ0v) is 54.5. The molecule has 0 radical (unpaired) electrons. The van der Waals surface area contributed by atoms with E-state index in [-0.39, 0.29) is 52.0 Å². The molecule has 498 valence electrons. The van der Waals surface area contributed by atoms with Gasteiger partial charge in [0.1, 0.15) is 18.8 Å². The summed E-state index contributed by atoms with van der Waals surface area (Å²) in [5, 5.41) is 2.88. The number of nitrogens with one attached hydrogen (secondary N) is 1. The lowest BCUT2D eigenvalue weighted by Crippen LogP contribution is -2.68. The molecule has 7 fully saturated rings. The Kier molecular flexibility index (Phi) is 21.0. The van der Waals surface area contributed by atoms with E-state index in [9.17, 15) is 43.2 Å². The fourth-order valence-corrected chi connectivity index (χ4v) is 17.3. The first-order valence-electron chi connectivity index (χ1n) is 31.4. The fraction of sp³-hybridized carbons (Fsp3) is 0.800. The van der Waals surface area contributed by atoms with Crippen LogP contribution in [-0.4, -0.2) is 166 Å². The smallest absolute Gasteiger partial charge is 0.312 e. The average molecular weight is 1260 g/mol. The lowest BCUT2D eigenvalue weighted by molar-refractivity contribution is -0.353. The van der Waals surface area contributed by atoms with Crippen LogP contribution in [0.25, 0.3) is 0 Å². The molecule has 21 atom stereocenters. The Morgan fingerprint density at radius 3 is 1.70 bits per heavy atom. The van der Waals surface area contributed by atoms with Crippen molar-refractivity contribution in [1.82, 2.24) is 5.32 Å².